The van der Waals surface area contributed by atoms with Crippen molar-refractivity contribution in [3.8, 4) is 17.0 Å². The molecule has 3 N–H and O–H groups in total. The molecule has 172 valence electrons. The number of amides is 2. The van der Waals surface area contributed by atoms with E-state index in [0.29, 0.717) is 19.5 Å². The molecule has 0 fully saturated rings. The highest BCUT2D eigenvalue weighted by Gasteiger charge is 2.17. The predicted molar refractivity (Wildman–Crippen MR) is 140 cm³/mol. The number of hydrogen-bond donors (Lipinski definition) is 2. The molecule has 7 heteroatoms. The van der Waals surface area contributed by atoms with Crippen LogP contribution < -0.4 is 15.8 Å². The summed E-state index contributed by atoms with van der Waals surface area (Å²) in [6.07, 6.45) is 0.463. The maximum atomic E-state index is 12.6. The first-order valence-corrected chi connectivity index (χ1v) is 11.4. The number of nitrogens with one attached hydrogen (secondary N) is 1. The van der Waals surface area contributed by atoms with E-state index in [0.717, 1.165) is 51.4 Å². The van der Waals surface area contributed by atoms with Crippen molar-refractivity contribution < 1.29 is 9.53 Å². The number of urea groups is 1. The predicted octanol–water partition coefficient (Wildman–Crippen LogP) is 5.54. The molecule has 0 unspecified atom stereocenters. The van der Waals surface area contributed by atoms with Gasteiger partial charge in [0.1, 0.15) is 5.75 Å². The molecule has 34 heavy (non-hydrogen) atoms. The molecule has 2 amide bonds. The topological polar surface area (TPSA) is 72.5 Å². The molecule has 4 aromatic rings. The van der Waals surface area contributed by atoms with Gasteiger partial charge in [0.15, 0.2) is 0 Å². The van der Waals surface area contributed by atoms with Gasteiger partial charge in [0.2, 0.25) is 0 Å². The number of nitrogen functional groups attached to an aromatic ring is 1. The summed E-state index contributed by atoms with van der Waals surface area (Å²) in [4.78, 5) is 14.3. The summed E-state index contributed by atoms with van der Waals surface area (Å²) >= 11 is 0. The number of anilines is 2. The molecular formula is C27H29BN4O2. The molecule has 4 rings (SSSR count). The molecule has 2 radical (unpaired) electrons. The number of carbonyl (C=O) groups is 1. The van der Waals surface area contributed by atoms with Gasteiger partial charge in [-0.25, -0.2) is 4.79 Å². The lowest BCUT2D eigenvalue weighted by Gasteiger charge is -2.18. The number of aromatic nitrogens is 1. The number of rotatable bonds is 8. The van der Waals surface area contributed by atoms with E-state index in [1.165, 1.54) is 0 Å². The minimum Gasteiger partial charge on any atom is -0.494 e. The molecule has 6 nitrogen and oxygen atoms in total. The Kier molecular flexibility index (Phi) is 7.11. The quantitative estimate of drug-likeness (QED) is 0.345. The van der Waals surface area contributed by atoms with Crippen LogP contribution in [0.25, 0.3) is 22.2 Å². The van der Waals surface area contributed by atoms with Crippen molar-refractivity contribution in [3.05, 3.63) is 78.4 Å². The van der Waals surface area contributed by atoms with Crippen molar-refractivity contribution in [1.82, 2.24) is 9.47 Å². The number of ether oxygens (including phenoxy) is 1. The van der Waals surface area contributed by atoms with Gasteiger partial charge in [-0.2, -0.15) is 0 Å². The fraction of sp³-hybridized carbons (Fsp3) is 0.222. The van der Waals surface area contributed by atoms with E-state index >= 15 is 0 Å². The van der Waals surface area contributed by atoms with Crippen LogP contribution in [0.3, 0.4) is 0 Å². The third-order valence-electron chi connectivity index (χ3n) is 5.80. The van der Waals surface area contributed by atoms with Crippen LogP contribution in [-0.4, -0.2) is 37.0 Å². The number of benzene rings is 3. The van der Waals surface area contributed by atoms with E-state index in [-0.39, 0.29) is 6.03 Å². The van der Waals surface area contributed by atoms with E-state index in [1.54, 1.807) is 11.9 Å². The maximum absolute atomic E-state index is 12.6. The smallest absolute Gasteiger partial charge is 0.321 e. The number of nitrogens with zero attached hydrogens (tertiary/aromatic N) is 2. The number of hydrogen-bond acceptors (Lipinski definition) is 3. The molecule has 0 aliphatic rings. The van der Waals surface area contributed by atoms with E-state index in [4.69, 9.17) is 18.3 Å². The average molecular weight is 452 g/mol. The van der Waals surface area contributed by atoms with Gasteiger partial charge in [-0.3, -0.25) is 0 Å². The van der Waals surface area contributed by atoms with Crippen LogP contribution in [-0.2, 0) is 13.1 Å². The zero-order valence-corrected chi connectivity index (χ0v) is 19.6. The summed E-state index contributed by atoms with van der Waals surface area (Å²) in [6, 6.07) is 23.4. The molecule has 1 aromatic heterocycles. The molecule has 1 heterocycles. The van der Waals surface area contributed by atoms with Crippen molar-refractivity contribution in [2.24, 2.45) is 0 Å². The van der Waals surface area contributed by atoms with Crippen molar-refractivity contribution in [2.75, 3.05) is 24.7 Å². The zero-order chi connectivity index (χ0) is 24.1. The van der Waals surface area contributed by atoms with Crippen LogP contribution in [0.1, 0.15) is 12.5 Å². The first-order valence-electron chi connectivity index (χ1n) is 11.4. The van der Waals surface area contributed by atoms with Gasteiger partial charge >= 0.3 is 6.03 Å². The standard InChI is InChI=1S/C27H29BN4O2/c1-3-32-24-17-22(34-16-15-28)13-14-23(24)25(29)26(32)20-9-11-21(12-10-20)30-27(33)31(2)18-19-7-5-4-6-8-19/h4-14,17H,3,15-16,18,29H2,1-2H3,(H,30,33). The molecule has 0 saturated carbocycles. The van der Waals surface area contributed by atoms with Crippen LogP contribution in [0, 0.1) is 0 Å². The molecule has 0 spiro atoms. The monoisotopic (exact) mass is 452 g/mol. The zero-order valence-electron chi connectivity index (χ0n) is 19.6. The second-order valence-corrected chi connectivity index (χ2v) is 8.17. The Morgan fingerprint density at radius 3 is 2.50 bits per heavy atom. The largest absolute Gasteiger partial charge is 0.494 e. The summed E-state index contributed by atoms with van der Waals surface area (Å²) in [6.45, 7) is 3.85. The third kappa shape index (κ3) is 4.88. The fourth-order valence-electron chi connectivity index (χ4n) is 4.12. The van der Waals surface area contributed by atoms with Crippen LogP contribution in [0.2, 0.25) is 6.32 Å². The van der Waals surface area contributed by atoms with E-state index in [9.17, 15) is 4.79 Å². The second-order valence-electron chi connectivity index (χ2n) is 8.17. The van der Waals surface area contributed by atoms with Gasteiger partial charge in [0.25, 0.3) is 0 Å². The minimum atomic E-state index is -0.163. The van der Waals surface area contributed by atoms with Crippen LogP contribution in [0.4, 0.5) is 16.2 Å². The van der Waals surface area contributed by atoms with Crippen LogP contribution in [0.15, 0.2) is 72.8 Å². The highest BCUT2D eigenvalue weighted by atomic mass is 16.5. The number of fused-ring (bicyclic) bond motifs is 1. The van der Waals surface area contributed by atoms with Gasteiger partial charge in [-0.05, 0) is 36.8 Å². The van der Waals surface area contributed by atoms with Gasteiger partial charge in [0, 0.05) is 42.8 Å². The molecular weight excluding hydrogens is 423 g/mol. The number of nitrogens with two attached hydrogens (primary N) is 1. The lowest BCUT2D eigenvalue weighted by molar-refractivity contribution is 0.220. The number of carbonyl (C=O) groups excluding carboxylic acids is 1. The van der Waals surface area contributed by atoms with Crippen molar-refractivity contribution in [1.29, 1.82) is 0 Å². The number of aryl methyl sites for hydroxylation is 1. The van der Waals surface area contributed by atoms with E-state index in [2.05, 4.69) is 16.8 Å². The normalized spacial score (nSPS) is 10.9. The second kappa shape index (κ2) is 10.4. The summed E-state index contributed by atoms with van der Waals surface area (Å²) in [7, 11) is 7.34. The summed E-state index contributed by atoms with van der Waals surface area (Å²) in [5.41, 5.74) is 12.1. The third-order valence-corrected chi connectivity index (χ3v) is 5.80. The van der Waals surface area contributed by atoms with E-state index < -0.39 is 0 Å². The van der Waals surface area contributed by atoms with Crippen molar-refractivity contribution in [2.45, 2.75) is 26.3 Å². The van der Waals surface area contributed by atoms with Gasteiger partial charge in [-0.15, -0.1) is 0 Å². The van der Waals surface area contributed by atoms with Gasteiger partial charge in [0.05, 0.1) is 31.4 Å². The first kappa shape index (κ1) is 23.3. The fourth-order valence-corrected chi connectivity index (χ4v) is 4.12. The molecule has 0 aliphatic carbocycles. The van der Waals surface area contributed by atoms with E-state index in [1.807, 2.05) is 72.8 Å². The summed E-state index contributed by atoms with van der Waals surface area (Å²) in [5, 5.41) is 3.94. The van der Waals surface area contributed by atoms with Gasteiger partial charge in [-0.1, -0.05) is 48.8 Å². The lowest BCUT2D eigenvalue weighted by atomic mass is 10.1. The molecule has 0 atom stereocenters. The van der Waals surface area contributed by atoms with Crippen LogP contribution >= 0.6 is 0 Å². The Morgan fingerprint density at radius 1 is 1.09 bits per heavy atom. The summed E-state index contributed by atoms with van der Waals surface area (Å²) < 4.78 is 7.89. The first-order chi connectivity index (χ1) is 16.5. The molecule has 0 bridgehead atoms. The Balaban J connectivity index is 1.54. The Bertz CT molecular complexity index is 1270. The Morgan fingerprint density at radius 2 is 1.82 bits per heavy atom. The highest BCUT2D eigenvalue weighted by molar-refractivity contribution is 6.08. The minimum absolute atomic E-state index is 0.163. The molecule has 3 aromatic carbocycles. The maximum Gasteiger partial charge on any atom is 0.321 e. The Hall–Kier alpha value is -3.87. The van der Waals surface area contributed by atoms with Gasteiger partial charge < -0.3 is 25.3 Å². The lowest BCUT2D eigenvalue weighted by Crippen LogP contribution is -2.30. The highest BCUT2D eigenvalue weighted by Crippen LogP contribution is 2.38. The molecule has 0 aliphatic heterocycles. The Labute approximate surface area is 201 Å². The van der Waals surface area contributed by atoms with Crippen LogP contribution in [0.5, 0.6) is 5.75 Å². The SMILES string of the molecule is [B]CCOc1ccc2c(N)c(-c3ccc(NC(=O)N(C)Cc4ccccc4)cc3)n(CC)c2c1. The average Bonchev–Trinajstić information content (AvgIpc) is 3.14. The molecule has 0 saturated heterocycles. The van der Waals surface area contributed by atoms with Crippen molar-refractivity contribution in [3.63, 3.8) is 0 Å². The van der Waals surface area contributed by atoms with Crippen molar-refractivity contribution >= 4 is 36.2 Å². The summed E-state index contributed by atoms with van der Waals surface area (Å²) in [5.74, 6) is 0.773.